The minimum absolute atomic E-state index is 0.0181. The number of halogens is 3. The van der Waals surface area contributed by atoms with Gasteiger partial charge >= 0.3 is 18.1 Å². The lowest BCUT2D eigenvalue weighted by molar-refractivity contribution is -0.224. The summed E-state index contributed by atoms with van der Waals surface area (Å²) in [6, 6.07) is 6.45. The Morgan fingerprint density at radius 2 is 1.74 bits per heavy atom. The minimum atomic E-state index is -4.77. The summed E-state index contributed by atoms with van der Waals surface area (Å²) < 4.78 is 52.2. The maximum absolute atomic E-state index is 12.9. The zero-order valence-electron chi connectivity index (χ0n) is 12.7. The molecule has 128 valence electrons. The molecule has 0 aliphatic rings. The second-order valence-electron chi connectivity index (χ2n) is 4.54. The molecule has 1 atom stereocenters. The van der Waals surface area contributed by atoms with Crippen LogP contribution >= 0.6 is 0 Å². The van der Waals surface area contributed by atoms with Crippen LogP contribution in [0, 0.1) is 0 Å². The number of hydrogen-bond acceptors (Lipinski definition) is 5. The number of hydrogen-bond donors (Lipinski definition) is 0. The highest BCUT2D eigenvalue weighted by Crippen LogP contribution is 2.27. The Labute approximate surface area is 131 Å². The summed E-state index contributed by atoms with van der Waals surface area (Å²) in [7, 11) is 1.48. The average Bonchev–Trinajstić information content (AvgIpc) is 2.50. The summed E-state index contributed by atoms with van der Waals surface area (Å²) >= 11 is 0. The maximum Gasteiger partial charge on any atom is 0.425 e. The van der Waals surface area contributed by atoms with Gasteiger partial charge < -0.3 is 14.2 Å². The van der Waals surface area contributed by atoms with Crippen LogP contribution in [0.15, 0.2) is 24.3 Å². The Morgan fingerprint density at radius 1 is 1.13 bits per heavy atom. The van der Waals surface area contributed by atoms with E-state index in [2.05, 4.69) is 9.47 Å². The first-order valence-electron chi connectivity index (χ1n) is 6.85. The van der Waals surface area contributed by atoms with Gasteiger partial charge in [-0.3, -0.25) is 0 Å². The molecule has 0 amide bonds. The minimum Gasteiger partial charge on any atom is -0.497 e. The number of carbonyl (C=O) groups is 2. The van der Waals surface area contributed by atoms with Crippen molar-refractivity contribution < 1.29 is 37.0 Å². The zero-order valence-corrected chi connectivity index (χ0v) is 12.7. The van der Waals surface area contributed by atoms with Crippen LogP contribution in [0.2, 0.25) is 0 Å². The molecule has 0 aliphatic carbocycles. The third-order valence-corrected chi connectivity index (χ3v) is 2.91. The van der Waals surface area contributed by atoms with Crippen molar-refractivity contribution in [2.24, 2.45) is 0 Å². The molecule has 23 heavy (non-hydrogen) atoms. The fourth-order valence-corrected chi connectivity index (χ4v) is 1.75. The summed E-state index contributed by atoms with van der Waals surface area (Å²) in [5, 5.41) is 0. The van der Waals surface area contributed by atoms with Crippen LogP contribution in [-0.2, 0) is 25.5 Å². The number of rotatable bonds is 6. The van der Waals surface area contributed by atoms with Crippen molar-refractivity contribution in [3.63, 3.8) is 0 Å². The molecule has 0 saturated carbocycles. The van der Waals surface area contributed by atoms with Crippen molar-refractivity contribution in [1.29, 1.82) is 0 Å². The van der Waals surface area contributed by atoms with Crippen molar-refractivity contribution >= 4 is 11.9 Å². The maximum atomic E-state index is 12.9. The van der Waals surface area contributed by atoms with Crippen LogP contribution in [0.25, 0.3) is 0 Å². The van der Waals surface area contributed by atoms with E-state index in [1.165, 1.54) is 14.0 Å². The molecule has 1 aromatic carbocycles. The van der Waals surface area contributed by atoms with Gasteiger partial charge in [0.05, 0.1) is 13.7 Å². The molecule has 1 rings (SSSR count). The van der Waals surface area contributed by atoms with E-state index in [1.807, 2.05) is 0 Å². The molecule has 0 radical (unpaired) electrons. The average molecular weight is 334 g/mol. The quantitative estimate of drug-likeness (QED) is 0.591. The van der Waals surface area contributed by atoms with Crippen molar-refractivity contribution in [2.75, 3.05) is 13.7 Å². The summed E-state index contributed by atoms with van der Waals surface area (Å²) in [5.41, 5.74) is 0.618. The van der Waals surface area contributed by atoms with Gasteiger partial charge in [-0.05, 0) is 37.5 Å². The summed E-state index contributed by atoms with van der Waals surface area (Å²) in [4.78, 5) is 22.3. The number of methoxy groups -OCH3 is 1. The van der Waals surface area contributed by atoms with Gasteiger partial charge in [-0.2, -0.15) is 13.2 Å². The van der Waals surface area contributed by atoms with Crippen LogP contribution in [0.1, 0.15) is 18.9 Å². The molecule has 0 fully saturated rings. The summed E-state index contributed by atoms with van der Waals surface area (Å²) in [5.74, 6) is -2.51. The van der Waals surface area contributed by atoms with Crippen LogP contribution in [0.4, 0.5) is 13.2 Å². The van der Waals surface area contributed by atoms with E-state index < -0.39 is 30.6 Å². The first-order chi connectivity index (χ1) is 10.8. The number of ether oxygens (including phenoxy) is 3. The third kappa shape index (κ3) is 6.17. The van der Waals surface area contributed by atoms with Gasteiger partial charge in [-0.1, -0.05) is 12.1 Å². The normalized spacial score (nSPS) is 12.4. The highest BCUT2D eigenvalue weighted by molar-refractivity contribution is 6.29. The Kier molecular flexibility index (Phi) is 6.87. The standard InChI is InChI=1S/C15H17F3O5/c1-3-22-13(19)14(20)23-12(15(16,17)18)9-6-10-4-7-11(21-2)8-5-10/h4-5,7-8,12H,3,6,9H2,1-2H3. The van der Waals surface area contributed by atoms with Crippen molar-refractivity contribution in [3.05, 3.63) is 29.8 Å². The van der Waals surface area contributed by atoms with Crippen molar-refractivity contribution in [3.8, 4) is 5.75 Å². The van der Waals surface area contributed by atoms with Crippen molar-refractivity contribution in [1.82, 2.24) is 0 Å². The second-order valence-corrected chi connectivity index (χ2v) is 4.54. The molecule has 0 heterocycles. The van der Waals surface area contributed by atoms with E-state index in [1.54, 1.807) is 24.3 Å². The van der Waals surface area contributed by atoms with Crippen LogP contribution in [0.5, 0.6) is 5.75 Å². The third-order valence-electron chi connectivity index (χ3n) is 2.91. The van der Waals surface area contributed by atoms with E-state index in [0.29, 0.717) is 11.3 Å². The number of benzene rings is 1. The largest absolute Gasteiger partial charge is 0.497 e. The van der Waals surface area contributed by atoms with E-state index >= 15 is 0 Å². The lowest BCUT2D eigenvalue weighted by Crippen LogP contribution is -2.37. The summed E-state index contributed by atoms with van der Waals surface area (Å²) in [6.07, 6.45) is -7.62. The van der Waals surface area contributed by atoms with E-state index in [-0.39, 0.29) is 13.0 Å². The van der Waals surface area contributed by atoms with Gasteiger partial charge in [0.25, 0.3) is 0 Å². The Balaban J connectivity index is 2.67. The topological polar surface area (TPSA) is 61.8 Å². The first kappa shape index (κ1) is 18.8. The Bertz CT molecular complexity index is 525. The lowest BCUT2D eigenvalue weighted by atomic mass is 10.1. The van der Waals surface area contributed by atoms with E-state index in [4.69, 9.17) is 4.74 Å². The number of alkyl halides is 3. The highest BCUT2D eigenvalue weighted by atomic mass is 19.4. The molecule has 1 unspecified atom stereocenters. The molecule has 0 bridgehead atoms. The summed E-state index contributed by atoms with van der Waals surface area (Å²) in [6.45, 7) is 1.30. The molecular weight excluding hydrogens is 317 g/mol. The molecule has 5 nitrogen and oxygen atoms in total. The van der Waals surface area contributed by atoms with Gasteiger partial charge in [0.15, 0.2) is 6.10 Å². The predicted molar refractivity (Wildman–Crippen MR) is 73.9 cm³/mol. The smallest absolute Gasteiger partial charge is 0.425 e. The van der Waals surface area contributed by atoms with Gasteiger partial charge in [-0.15, -0.1) is 0 Å². The fourth-order valence-electron chi connectivity index (χ4n) is 1.75. The second kappa shape index (κ2) is 8.40. The number of esters is 2. The number of carbonyl (C=O) groups excluding carboxylic acids is 2. The van der Waals surface area contributed by atoms with Crippen LogP contribution < -0.4 is 4.74 Å². The highest BCUT2D eigenvalue weighted by Gasteiger charge is 2.43. The van der Waals surface area contributed by atoms with Gasteiger partial charge in [0.1, 0.15) is 5.75 Å². The van der Waals surface area contributed by atoms with Crippen LogP contribution in [-0.4, -0.2) is 37.9 Å². The zero-order chi connectivity index (χ0) is 17.5. The molecule has 0 aromatic heterocycles. The van der Waals surface area contributed by atoms with Gasteiger partial charge in [0, 0.05) is 0 Å². The Hall–Kier alpha value is -2.25. The molecule has 0 aliphatic heterocycles. The predicted octanol–water partition coefficient (Wildman–Crippen LogP) is 2.67. The molecule has 1 aromatic rings. The lowest BCUT2D eigenvalue weighted by Gasteiger charge is -2.20. The molecule has 0 N–H and O–H groups in total. The number of aryl methyl sites for hydroxylation is 1. The molecular formula is C15H17F3O5. The Morgan fingerprint density at radius 3 is 2.22 bits per heavy atom. The molecule has 0 saturated heterocycles. The first-order valence-corrected chi connectivity index (χ1v) is 6.85. The van der Waals surface area contributed by atoms with Crippen LogP contribution in [0.3, 0.4) is 0 Å². The monoisotopic (exact) mass is 334 g/mol. The van der Waals surface area contributed by atoms with E-state index in [9.17, 15) is 22.8 Å². The van der Waals surface area contributed by atoms with Gasteiger partial charge in [0.2, 0.25) is 0 Å². The van der Waals surface area contributed by atoms with E-state index in [0.717, 1.165) is 0 Å². The van der Waals surface area contributed by atoms with Gasteiger partial charge in [-0.25, -0.2) is 9.59 Å². The fraction of sp³-hybridized carbons (Fsp3) is 0.467. The SMILES string of the molecule is CCOC(=O)C(=O)OC(CCc1ccc(OC)cc1)C(F)(F)F. The molecule has 8 heteroatoms. The molecule has 0 spiro atoms. The van der Waals surface area contributed by atoms with Crippen molar-refractivity contribution in [2.45, 2.75) is 32.0 Å².